The van der Waals surface area contributed by atoms with E-state index in [0.29, 0.717) is 0 Å². The van der Waals surface area contributed by atoms with Crippen LogP contribution in [0.5, 0.6) is 0 Å². The number of thioether (sulfide) groups is 1. The molecule has 0 radical (unpaired) electrons. The van der Waals surface area contributed by atoms with Crippen molar-refractivity contribution in [2.45, 2.75) is 23.5 Å². The zero-order chi connectivity index (χ0) is 10.8. The highest BCUT2D eigenvalue weighted by Crippen LogP contribution is 2.39. The summed E-state index contributed by atoms with van der Waals surface area (Å²) in [6, 6.07) is 1.34. The van der Waals surface area contributed by atoms with Gasteiger partial charge in [0, 0.05) is 17.5 Å². The average Bonchev–Trinajstić information content (AvgIpc) is 2.66. The van der Waals surface area contributed by atoms with Crippen LogP contribution in [0.1, 0.15) is 18.2 Å². The zero-order valence-corrected chi connectivity index (χ0v) is 8.87. The molecular formula is C9H12N2O3S. The molecule has 2 rings (SSSR count). The van der Waals surface area contributed by atoms with E-state index in [-0.39, 0.29) is 28.5 Å². The highest BCUT2D eigenvalue weighted by molar-refractivity contribution is 8.00. The van der Waals surface area contributed by atoms with E-state index in [0.717, 1.165) is 12.8 Å². The summed E-state index contributed by atoms with van der Waals surface area (Å²) in [5.74, 6) is 0. The fourth-order valence-corrected chi connectivity index (χ4v) is 3.05. The summed E-state index contributed by atoms with van der Waals surface area (Å²) < 4.78 is 1.52. The Labute approximate surface area is 90.1 Å². The molecule has 1 aromatic heterocycles. The van der Waals surface area contributed by atoms with Gasteiger partial charge in [0.15, 0.2) is 0 Å². The van der Waals surface area contributed by atoms with Crippen LogP contribution < -0.4 is 11.2 Å². The molecule has 0 spiro atoms. The summed E-state index contributed by atoms with van der Waals surface area (Å²) in [6.45, 7) is 0.138. The van der Waals surface area contributed by atoms with Crippen molar-refractivity contribution in [1.82, 2.24) is 9.55 Å². The van der Waals surface area contributed by atoms with Crippen LogP contribution in [0.15, 0.2) is 21.9 Å². The molecule has 0 saturated carbocycles. The fraction of sp³-hybridized carbons (Fsp3) is 0.556. The van der Waals surface area contributed by atoms with Crippen molar-refractivity contribution < 1.29 is 5.11 Å². The van der Waals surface area contributed by atoms with E-state index in [4.69, 9.17) is 5.11 Å². The van der Waals surface area contributed by atoms with Gasteiger partial charge >= 0.3 is 5.69 Å². The third-order valence-corrected chi connectivity index (χ3v) is 4.00. The van der Waals surface area contributed by atoms with E-state index >= 15 is 0 Å². The lowest BCUT2D eigenvalue weighted by Crippen LogP contribution is -2.29. The largest absolute Gasteiger partial charge is 0.395 e. The molecule has 2 N–H and O–H groups in total. The Kier molecular flexibility index (Phi) is 2.97. The molecule has 15 heavy (non-hydrogen) atoms. The number of aliphatic hydroxyl groups excluding tert-OH is 1. The van der Waals surface area contributed by atoms with Crippen LogP contribution in [0.3, 0.4) is 0 Å². The van der Waals surface area contributed by atoms with Crippen LogP contribution in [0, 0.1) is 0 Å². The zero-order valence-electron chi connectivity index (χ0n) is 8.05. The Morgan fingerprint density at radius 2 is 2.33 bits per heavy atom. The average molecular weight is 228 g/mol. The third-order valence-electron chi connectivity index (χ3n) is 2.45. The highest BCUT2D eigenvalue weighted by atomic mass is 32.2. The quantitative estimate of drug-likeness (QED) is 0.742. The molecule has 0 unspecified atom stereocenters. The first-order chi connectivity index (χ1) is 7.20. The number of hydrogen-bond acceptors (Lipinski definition) is 4. The lowest BCUT2D eigenvalue weighted by molar-refractivity contribution is 0.292. The highest BCUT2D eigenvalue weighted by Gasteiger charge is 2.26. The molecule has 0 amide bonds. The summed E-state index contributed by atoms with van der Waals surface area (Å²) in [5, 5.41) is 9.21. The summed E-state index contributed by atoms with van der Waals surface area (Å²) in [4.78, 5) is 24.5. The normalized spacial score (nSPS) is 25.7. The van der Waals surface area contributed by atoms with Gasteiger partial charge in [0.25, 0.3) is 5.56 Å². The number of nitrogens with one attached hydrogen (secondary N) is 1. The van der Waals surface area contributed by atoms with Gasteiger partial charge in [-0.05, 0) is 12.8 Å². The maximum absolute atomic E-state index is 11.5. The van der Waals surface area contributed by atoms with Gasteiger partial charge in [0.1, 0.15) is 0 Å². The molecule has 2 heterocycles. The van der Waals surface area contributed by atoms with Gasteiger partial charge in [-0.25, -0.2) is 4.79 Å². The molecule has 1 saturated heterocycles. The molecule has 0 bridgehead atoms. The number of nitrogens with zero attached hydrogens (tertiary/aromatic N) is 1. The minimum atomic E-state index is -0.377. The molecule has 2 atom stereocenters. The Morgan fingerprint density at radius 1 is 1.53 bits per heavy atom. The van der Waals surface area contributed by atoms with Gasteiger partial charge in [-0.15, -0.1) is 11.8 Å². The summed E-state index contributed by atoms with van der Waals surface area (Å²) >= 11 is 1.57. The van der Waals surface area contributed by atoms with Gasteiger partial charge in [-0.3, -0.25) is 14.3 Å². The van der Waals surface area contributed by atoms with E-state index in [9.17, 15) is 9.59 Å². The molecule has 6 heteroatoms. The van der Waals surface area contributed by atoms with E-state index in [1.54, 1.807) is 11.8 Å². The Morgan fingerprint density at radius 3 is 2.93 bits per heavy atom. The molecule has 1 fully saturated rings. The first kappa shape index (κ1) is 10.5. The number of aromatic amines is 1. The summed E-state index contributed by atoms with van der Waals surface area (Å²) in [5.41, 5.74) is -0.753. The van der Waals surface area contributed by atoms with Crippen molar-refractivity contribution in [2.24, 2.45) is 0 Å². The minimum absolute atomic E-state index is 0.0338. The standard InChI is InChI=1S/C9H12N2O3S/c12-5-6-1-2-8(15-6)11-4-3-7(13)10-9(11)14/h3-4,6,8,12H,1-2,5H2,(H,10,13,14)/t6-,8+/m0/s1. The van der Waals surface area contributed by atoms with Gasteiger partial charge in [0.05, 0.1) is 12.0 Å². The van der Waals surface area contributed by atoms with Crippen LogP contribution in [-0.4, -0.2) is 26.5 Å². The molecule has 1 aliphatic rings. The lowest BCUT2D eigenvalue weighted by atomic mass is 10.2. The van der Waals surface area contributed by atoms with Crippen molar-refractivity contribution in [3.05, 3.63) is 33.1 Å². The molecule has 0 aromatic carbocycles. The van der Waals surface area contributed by atoms with E-state index in [2.05, 4.69) is 4.98 Å². The molecular weight excluding hydrogens is 216 g/mol. The summed E-state index contributed by atoms with van der Waals surface area (Å²) in [7, 11) is 0. The second kappa shape index (κ2) is 4.24. The summed E-state index contributed by atoms with van der Waals surface area (Å²) in [6.07, 6.45) is 3.26. The van der Waals surface area contributed by atoms with Crippen LogP contribution in [0.2, 0.25) is 0 Å². The van der Waals surface area contributed by atoms with Gasteiger partial charge in [0.2, 0.25) is 0 Å². The van der Waals surface area contributed by atoms with Gasteiger partial charge < -0.3 is 5.11 Å². The number of rotatable bonds is 2. The molecule has 0 aliphatic carbocycles. The first-order valence-corrected chi connectivity index (χ1v) is 5.73. The number of H-pyrrole nitrogens is 1. The Bertz CT molecular complexity index is 453. The monoisotopic (exact) mass is 228 g/mol. The fourth-order valence-electron chi connectivity index (χ4n) is 1.68. The second-order valence-corrected chi connectivity index (χ2v) is 4.97. The van der Waals surface area contributed by atoms with Crippen molar-refractivity contribution in [2.75, 3.05) is 6.61 Å². The van der Waals surface area contributed by atoms with Crippen molar-refractivity contribution in [3.8, 4) is 0 Å². The van der Waals surface area contributed by atoms with E-state index in [1.165, 1.54) is 16.8 Å². The van der Waals surface area contributed by atoms with Crippen LogP contribution in [0.25, 0.3) is 0 Å². The Hall–Kier alpha value is -1.01. The third kappa shape index (κ3) is 2.15. The maximum atomic E-state index is 11.5. The lowest BCUT2D eigenvalue weighted by Gasteiger charge is -2.12. The first-order valence-electron chi connectivity index (χ1n) is 4.78. The molecule has 5 nitrogen and oxygen atoms in total. The molecule has 1 aliphatic heterocycles. The van der Waals surface area contributed by atoms with E-state index < -0.39 is 0 Å². The van der Waals surface area contributed by atoms with Crippen LogP contribution in [-0.2, 0) is 0 Å². The van der Waals surface area contributed by atoms with E-state index in [1.807, 2.05) is 0 Å². The predicted octanol–water partition coefficient (Wildman–Crippen LogP) is -0.0769. The molecule has 1 aromatic rings. The van der Waals surface area contributed by atoms with Gasteiger partial charge in [-0.2, -0.15) is 0 Å². The van der Waals surface area contributed by atoms with Crippen LogP contribution in [0.4, 0.5) is 0 Å². The van der Waals surface area contributed by atoms with Crippen molar-refractivity contribution >= 4 is 11.8 Å². The number of aliphatic hydroxyl groups is 1. The number of hydrogen-bond donors (Lipinski definition) is 2. The van der Waals surface area contributed by atoms with Crippen LogP contribution >= 0.6 is 11.8 Å². The number of aromatic nitrogens is 2. The predicted molar refractivity (Wildman–Crippen MR) is 58.1 cm³/mol. The SMILES string of the molecule is O=c1ccn([C@H]2CC[C@@H](CO)S2)c(=O)[nH]1. The van der Waals surface area contributed by atoms with Crippen molar-refractivity contribution in [1.29, 1.82) is 0 Å². The smallest absolute Gasteiger partial charge is 0.329 e. The van der Waals surface area contributed by atoms with Crippen molar-refractivity contribution in [3.63, 3.8) is 0 Å². The maximum Gasteiger partial charge on any atom is 0.329 e. The molecule has 82 valence electrons. The second-order valence-electron chi connectivity index (χ2n) is 3.49. The van der Waals surface area contributed by atoms with Gasteiger partial charge in [-0.1, -0.05) is 0 Å². The minimum Gasteiger partial charge on any atom is -0.395 e. The Balaban J connectivity index is 2.24. The topological polar surface area (TPSA) is 75.1 Å².